The average molecular weight is 265 g/mol. The topological polar surface area (TPSA) is 29.1 Å². The molecule has 1 aliphatic heterocycles. The van der Waals surface area contributed by atoms with Gasteiger partial charge in [-0.15, -0.1) is 0 Å². The second-order valence-electron chi connectivity index (χ2n) is 5.66. The van der Waals surface area contributed by atoms with Gasteiger partial charge in [-0.3, -0.25) is 4.79 Å². The lowest BCUT2D eigenvalue weighted by atomic mass is 9.71. The number of carbonyl (C=O) groups is 1. The fourth-order valence-electron chi connectivity index (χ4n) is 2.47. The first-order valence-electron chi connectivity index (χ1n) is 6.54. The smallest absolute Gasteiger partial charge is 0.316 e. The molecule has 0 saturated carbocycles. The number of nitrogens with one attached hydrogen (secondary N) is 1. The summed E-state index contributed by atoms with van der Waals surface area (Å²) in [6, 6.07) is 0. The molecule has 0 amide bonds. The molecule has 0 aromatic rings. The number of alkyl halides is 3. The fraction of sp³-hybridized carbons (Fsp3) is 0.923. The summed E-state index contributed by atoms with van der Waals surface area (Å²) in [5, 5.41) is 3.24. The van der Waals surface area contributed by atoms with Crippen LogP contribution < -0.4 is 5.32 Å². The molecule has 5 heteroatoms. The van der Waals surface area contributed by atoms with Crippen molar-refractivity contribution in [3.63, 3.8) is 0 Å². The first kappa shape index (κ1) is 15.5. The van der Waals surface area contributed by atoms with Gasteiger partial charge in [-0.25, -0.2) is 0 Å². The molecule has 0 bridgehead atoms. The van der Waals surface area contributed by atoms with E-state index in [1.165, 1.54) is 0 Å². The number of rotatable bonds is 5. The van der Waals surface area contributed by atoms with Crippen LogP contribution in [0.5, 0.6) is 0 Å². The van der Waals surface area contributed by atoms with Gasteiger partial charge in [-0.2, -0.15) is 13.2 Å². The normalized spacial score (nSPS) is 21.9. The van der Waals surface area contributed by atoms with E-state index in [9.17, 15) is 18.0 Å². The maximum absolute atomic E-state index is 12.1. The first-order valence-corrected chi connectivity index (χ1v) is 6.54. The number of ketones is 1. The minimum Gasteiger partial charge on any atom is -0.316 e. The van der Waals surface area contributed by atoms with Crippen LogP contribution in [0, 0.1) is 11.3 Å². The Bertz CT molecular complexity index is 280. The first-order chi connectivity index (χ1) is 8.23. The fourth-order valence-corrected chi connectivity index (χ4v) is 2.47. The van der Waals surface area contributed by atoms with Gasteiger partial charge in [0.1, 0.15) is 5.78 Å². The number of hydrogen-bond acceptors (Lipinski definition) is 2. The van der Waals surface area contributed by atoms with Gasteiger partial charge in [0.15, 0.2) is 0 Å². The van der Waals surface area contributed by atoms with Gasteiger partial charge in [-0.1, -0.05) is 13.8 Å². The number of halogens is 3. The van der Waals surface area contributed by atoms with E-state index in [0.29, 0.717) is 0 Å². The molecule has 1 N–H and O–H groups in total. The molecule has 1 aliphatic rings. The van der Waals surface area contributed by atoms with Crippen LogP contribution >= 0.6 is 0 Å². The van der Waals surface area contributed by atoms with Crippen molar-refractivity contribution in [1.29, 1.82) is 0 Å². The van der Waals surface area contributed by atoms with Crippen molar-refractivity contribution in [2.75, 3.05) is 13.1 Å². The highest BCUT2D eigenvalue weighted by molar-refractivity contribution is 5.84. The third-order valence-corrected chi connectivity index (χ3v) is 3.90. The van der Waals surface area contributed by atoms with Crippen molar-refractivity contribution in [2.24, 2.45) is 11.3 Å². The van der Waals surface area contributed by atoms with Crippen molar-refractivity contribution >= 4 is 5.78 Å². The Kier molecular flexibility index (Phi) is 5.20. The second kappa shape index (κ2) is 6.04. The average Bonchev–Trinajstić information content (AvgIpc) is 2.28. The SMILES string of the molecule is CC(C)(C(=O)CCCC(F)(F)F)C1CCCNC1. The van der Waals surface area contributed by atoms with Crippen LogP contribution in [-0.2, 0) is 4.79 Å². The van der Waals surface area contributed by atoms with Crippen LogP contribution in [0.4, 0.5) is 13.2 Å². The summed E-state index contributed by atoms with van der Waals surface area (Å²) in [4.78, 5) is 12.1. The zero-order chi connectivity index (χ0) is 13.8. The molecule has 2 nitrogen and oxygen atoms in total. The summed E-state index contributed by atoms with van der Waals surface area (Å²) < 4.78 is 36.1. The van der Waals surface area contributed by atoms with E-state index in [-0.39, 0.29) is 24.5 Å². The van der Waals surface area contributed by atoms with Crippen LogP contribution in [0.15, 0.2) is 0 Å². The van der Waals surface area contributed by atoms with E-state index in [4.69, 9.17) is 0 Å². The van der Waals surface area contributed by atoms with Gasteiger partial charge in [0.2, 0.25) is 0 Å². The van der Waals surface area contributed by atoms with Crippen molar-refractivity contribution in [2.45, 2.75) is 52.1 Å². The molecule has 1 heterocycles. The Balaban J connectivity index is 2.43. The number of piperidine rings is 1. The monoisotopic (exact) mass is 265 g/mol. The van der Waals surface area contributed by atoms with Crippen molar-refractivity contribution in [3.8, 4) is 0 Å². The van der Waals surface area contributed by atoms with Crippen LogP contribution in [0.2, 0.25) is 0 Å². The van der Waals surface area contributed by atoms with Crippen LogP contribution in [0.3, 0.4) is 0 Å². The third-order valence-electron chi connectivity index (χ3n) is 3.90. The lowest BCUT2D eigenvalue weighted by molar-refractivity contribution is -0.139. The largest absolute Gasteiger partial charge is 0.389 e. The highest BCUT2D eigenvalue weighted by Crippen LogP contribution is 2.34. The number of hydrogen-bond donors (Lipinski definition) is 1. The maximum Gasteiger partial charge on any atom is 0.389 e. The predicted molar refractivity (Wildman–Crippen MR) is 64.3 cm³/mol. The molecule has 0 aliphatic carbocycles. The third kappa shape index (κ3) is 4.59. The van der Waals surface area contributed by atoms with E-state index in [1.807, 2.05) is 13.8 Å². The molecule has 1 saturated heterocycles. The summed E-state index contributed by atoms with van der Waals surface area (Å²) in [5.74, 6) is 0.199. The van der Waals surface area contributed by atoms with E-state index in [2.05, 4.69) is 5.32 Å². The van der Waals surface area contributed by atoms with E-state index in [0.717, 1.165) is 25.9 Å². The highest BCUT2D eigenvalue weighted by Gasteiger charge is 2.37. The van der Waals surface area contributed by atoms with E-state index in [1.54, 1.807) is 0 Å². The highest BCUT2D eigenvalue weighted by atomic mass is 19.4. The van der Waals surface area contributed by atoms with Gasteiger partial charge in [0.05, 0.1) is 0 Å². The molecular formula is C13H22F3NO. The molecule has 0 aromatic heterocycles. The summed E-state index contributed by atoms with van der Waals surface area (Å²) in [6.07, 6.45) is -3.07. The molecule has 1 rings (SSSR count). The molecule has 0 radical (unpaired) electrons. The van der Waals surface area contributed by atoms with Gasteiger partial charge < -0.3 is 5.32 Å². The zero-order valence-corrected chi connectivity index (χ0v) is 11.1. The van der Waals surface area contributed by atoms with Crippen molar-refractivity contribution < 1.29 is 18.0 Å². The summed E-state index contributed by atoms with van der Waals surface area (Å²) >= 11 is 0. The Hall–Kier alpha value is -0.580. The number of Topliss-reactive ketones (excluding diaryl/α,β-unsaturated/α-hetero) is 1. The van der Waals surface area contributed by atoms with Gasteiger partial charge >= 0.3 is 6.18 Å². The van der Waals surface area contributed by atoms with Gasteiger partial charge in [-0.05, 0) is 38.3 Å². The molecule has 1 unspecified atom stereocenters. The second-order valence-corrected chi connectivity index (χ2v) is 5.66. The quantitative estimate of drug-likeness (QED) is 0.826. The molecule has 106 valence electrons. The lowest BCUT2D eigenvalue weighted by Crippen LogP contribution is -2.42. The van der Waals surface area contributed by atoms with E-state index < -0.39 is 18.0 Å². The van der Waals surface area contributed by atoms with E-state index >= 15 is 0 Å². The van der Waals surface area contributed by atoms with Gasteiger partial charge in [0.25, 0.3) is 0 Å². The standard InChI is InChI=1S/C13H22F3NO/c1-12(2,10-5-4-8-17-9-10)11(18)6-3-7-13(14,15)16/h10,17H,3-9H2,1-2H3. The predicted octanol–water partition coefficient (Wildman–Crippen LogP) is 3.31. The van der Waals surface area contributed by atoms with Crippen LogP contribution in [0.1, 0.15) is 46.0 Å². The summed E-state index contributed by atoms with van der Waals surface area (Å²) in [6.45, 7) is 5.48. The zero-order valence-electron chi connectivity index (χ0n) is 11.1. The summed E-state index contributed by atoms with van der Waals surface area (Å²) in [5.41, 5.74) is -0.515. The molecular weight excluding hydrogens is 243 g/mol. The molecule has 1 atom stereocenters. The maximum atomic E-state index is 12.1. The molecule has 18 heavy (non-hydrogen) atoms. The lowest BCUT2D eigenvalue weighted by Gasteiger charge is -2.36. The van der Waals surface area contributed by atoms with Crippen LogP contribution in [-0.4, -0.2) is 25.0 Å². The minimum atomic E-state index is -4.16. The van der Waals surface area contributed by atoms with Crippen LogP contribution in [0.25, 0.3) is 0 Å². The van der Waals surface area contributed by atoms with Crippen molar-refractivity contribution in [1.82, 2.24) is 5.32 Å². The Morgan fingerprint density at radius 1 is 1.33 bits per heavy atom. The molecule has 0 aromatic carbocycles. The van der Waals surface area contributed by atoms with Gasteiger partial charge in [0, 0.05) is 18.3 Å². The Morgan fingerprint density at radius 3 is 2.50 bits per heavy atom. The minimum absolute atomic E-state index is 0.0308. The Labute approximate surface area is 106 Å². The Morgan fingerprint density at radius 2 is 2.00 bits per heavy atom. The summed E-state index contributed by atoms with van der Waals surface area (Å²) in [7, 11) is 0. The van der Waals surface area contributed by atoms with Crippen molar-refractivity contribution in [3.05, 3.63) is 0 Å². The molecule has 1 fully saturated rings. The number of carbonyl (C=O) groups excluding carboxylic acids is 1. The molecule has 0 spiro atoms.